The van der Waals surface area contributed by atoms with Crippen LogP contribution in [0.25, 0.3) is 0 Å². The van der Waals surface area contributed by atoms with Gasteiger partial charge in [-0.05, 0) is 49.3 Å². The monoisotopic (exact) mass is 343 g/mol. The lowest BCUT2D eigenvalue weighted by Crippen LogP contribution is -2.51. The van der Waals surface area contributed by atoms with Crippen LogP contribution in [0, 0.1) is 0 Å². The minimum Gasteiger partial charge on any atom is -0.355 e. The normalized spacial score (nSPS) is 17.9. The fourth-order valence-corrected chi connectivity index (χ4v) is 3.79. The van der Waals surface area contributed by atoms with Crippen molar-refractivity contribution in [2.45, 2.75) is 39.0 Å². The molecule has 0 saturated carbocycles. The maximum Gasteiger partial charge on any atom is 0.234 e. The second-order valence-electron chi connectivity index (χ2n) is 7.10. The summed E-state index contributed by atoms with van der Waals surface area (Å²) in [4.78, 5) is 28.3. The van der Waals surface area contributed by atoms with Gasteiger partial charge in [0.2, 0.25) is 11.8 Å². The fourth-order valence-electron chi connectivity index (χ4n) is 3.79. The van der Waals surface area contributed by atoms with Crippen LogP contribution in [0.5, 0.6) is 0 Å². The third-order valence-electron chi connectivity index (χ3n) is 5.23. The van der Waals surface area contributed by atoms with E-state index in [1.807, 2.05) is 11.8 Å². The summed E-state index contributed by atoms with van der Waals surface area (Å²) in [5.74, 6) is 0.268. The molecule has 1 aromatic carbocycles. The van der Waals surface area contributed by atoms with E-state index in [1.54, 1.807) is 0 Å². The average Bonchev–Trinajstić information content (AvgIpc) is 2.62. The van der Waals surface area contributed by atoms with Gasteiger partial charge in [0.05, 0.1) is 13.0 Å². The van der Waals surface area contributed by atoms with E-state index in [9.17, 15) is 9.59 Å². The number of rotatable bonds is 5. The predicted octanol–water partition coefficient (Wildman–Crippen LogP) is 1.39. The zero-order valence-electron chi connectivity index (χ0n) is 15.2. The molecule has 1 heterocycles. The van der Waals surface area contributed by atoms with Gasteiger partial charge in [-0.25, -0.2) is 0 Å². The lowest BCUT2D eigenvalue weighted by atomic mass is 9.90. The van der Waals surface area contributed by atoms with Crippen molar-refractivity contribution in [1.29, 1.82) is 0 Å². The Bertz CT molecular complexity index is 621. The molecule has 136 valence electrons. The number of hydrogen-bond acceptors (Lipinski definition) is 3. The quantitative estimate of drug-likeness (QED) is 0.879. The van der Waals surface area contributed by atoms with Gasteiger partial charge in [0.1, 0.15) is 0 Å². The van der Waals surface area contributed by atoms with Crippen LogP contribution in [-0.4, -0.2) is 60.9 Å². The molecule has 0 bridgehead atoms. The SMILES string of the molecule is CCNC(=O)CN1CCN(C(=O)Cc2ccc3c(c2)CCCC3)CC1. The number of hydrogen-bond donors (Lipinski definition) is 1. The number of nitrogens with one attached hydrogen (secondary N) is 1. The smallest absolute Gasteiger partial charge is 0.234 e. The van der Waals surface area contributed by atoms with Crippen molar-refractivity contribution in [2.24, 2.45) is 0 Å². The van der Waals surface area contributed by atoms with Crippen LogP contribution in [0.4, 0.5) is 0 Å². The molecule has 25 heavy (non-hydrogen) atoms. The zero-order chi connectivity index (χ0) is 17.6. The predicted molar refractivity (Wildman–Crippen MR) is 98.5 cm³/mol. The van der Waals surface area contributed by atoms with Gasteiger partial charge in [0, 0.05) is 32.7 Å². The first-order chi connectivity index (χ1) is 12.2. The largest absolute Gasteiger partial charge is 0.355 e. The lowest BCUT2D eigenvalue weighted by molar-refractivity contribution is -0.132. The highest BCUT2D eigenvalue weighted by atomic mass is 16.2. The van der Waals surface area contributed by atoms with Crippen LogP contribution in [0.15, 0.2) is 18.2 Å². The van der Waals surface area contributed by atoms with Gasteiger partial charge < -0.3 is 10.2 Å². The zero-order valence-corrected chi connectivity index (χ0v) is 15.2. The molecule has 1 aliphatic carbocycles. The number of aryl methyl sites for hydroxylation is 2. The first-order valence-electron chi connectivity index (χ1n) is 9.53. The summed E-state index contributed by atoms with van der Waals surface area (Å²) in [6.45, 7) is 5.99. The molecule has 0 aromatic heterocycles. The van der Waals surface area contributed by atoms with Crippen LogP contribution in [0.3, 0.4) is 0 Å². The van der Waals surface area contributed by atoms with Crippen LogP contribution < -0.4 is 5.32 Å². The van der Waals surface area contributed by atoms with E-state index in [2.05, 4.69) is 28.4 Å². The van der Waals surface area contributed by atoms with Gasteiger partial charge in [-0.15, -0.1) is 0 Å². The summed E-state index contributed by atoms with van der Waals surface area (Å²) >= 11 is 0. The second-order valence-corrected chi connectivity index (χ2v) is 7.10. The van der Waals surface area contributed by atoms with E-state index in [0.717, 1.165) is 25.1 Å². The van der Waals surface area contributed by atoms with Crippen molar-refractivity contribution >= 4 is 11.8 Å². The minimum absolute atomic E-state index is 0.0661. The summed E-state index contributed by atoms with van der Waals surface area (Å²) in [5.41, 5.74) is 4.03. The van der Waals surface area contributed by atoms with Crippen molar-refractivity contribution in [2.75, 3.05) is 39.3 Å². The maximum atomic E-state index is 12.6. The molecule has 0 unspecified atom stereocenters. The van der Waals surface area contributed by atoms with Crippen molar-refractivity contribution in [1.82, 2.24) is 15.1 Å². The number of carbonyl (C=O) groups excluding carboxylic acids is 2. The van der Waals surface area contributed by atoms with Crippen LogP contribution in [0.1, 0.15) is 36.5 Å². The van der Waals surface area contributed by atoms with E-state index in [0.29, 0.717) is 32.6 Å². The van der Waals surface area contributed by atoms with E-state index in [4.69, 9.17) is 0 Å². The Balaban J connectivity index is 1.49. The van der Waals surface area contributed by atoms with E-state index < -0.39 is 0 Å². The molecule has 5 heteroatoms. The van der Waals surface area contributed by atoms with Crippen LogP contribution in [0.2, 0.25) is 0 Å². The maximum absolute atomic E-state index is 12.6. The molecule has 0 radical (unpaired) electrons. The Morgan fingerprint density at radius 3 is 2.48 bits per heavy atom. The van der Waals surface area contributed by atoms with Crippen LogP contribution >= 0.6 is 0 Å². The molecule has 1 saturated heterocycles. The lowest BCUT2D eigenvalue weighted by Gasteiger charge is -2.34. The third-order valence-corrected chi connectivity index (χ3v) is 5.23. The highest BCUT2D eigenvalue weighted by Gasteiger charge is 2.22. The number of piperazine rings is 1. The molecule has 1 N–H and O–H groups in total. The number of nitrogens with zero attached hydrogens (tertiary/aromatic N) is 2. The van der Waals surface area contributed by atoms with Gasteiger partial charge in [-0.1, -0.05) is 18.2 Å². The first-order valence-corrected chi connectivity index (χ1v) is 9.53. The number of fused-ring (bicyclic) bond motifs is 1. The number of amides is 2. The number of carbonyl (C=O) groups is 2. The molecule has 3 rings (SSSR count). The molecular weight excluding hydrogens is 314 g/mol. The molecule has 1 fully saturated rings. The van der Waals surface area contributed by atoms with Crippen molar-refractivity contribution in [3.8, 4) is 0 Å². The topological polar surface area (TPSA) is 52.7 Å². The summed E-state index contributed by atoms with van der Waals surface area (Å²) in [5, 5.41) is 2.82. The Morgan fingerprint density at radius 1 is 1.04 bits per heavy atom. The number of likely N-dealkylation sites (N-methyl/N-ethyl adjacent to an activating group) is 1. The molecule has 5 nitrogen and oxygen atoms in total. The van der Waals surface area contributed by atoms with Crippen molar-refractivity contribution in [3.63, 3.8) is 0 Å². The van der Waals surface area contributed by atoms with Gasteiger partial charge in [-0.2, -0.15) is 0 Å². The summed E-state index contributed by atoms with van der Waals surface area (Å²) in [6.07, 6.45) is 5.36. The molecule has 0 spiro atoms. The van der Waals surface area contributed by atoms with E-state index >= 15 is 0 Å². The fraction of sp³-hybridized carbons (Fsp3) is 0.600. The van der Waals surface area contributed by atoms with Crippen LogP contribution in [-0.2, 0) is 28.9 Å². The minimum atomic E-state index is 0.0661. The Kier molecular flexibility index (Phi) is 6.08. The van der Waals surface area contributed by atoms with Gasteiger partial charge >= 0.3 is 0 Å². The second kappa shape index (κ2) is 8.48. The Hall–Kier alpha value is -1.88. The molecule has 2 amide bonds. The molecule has 1 aromatic rings. The van der Waals surface area contributed by atoms with Gasteiger partial charge in [0.15, 0.2) is 0 Å². The van der Waals surface area contributed by atoms with E-state index in [-0.39, 0.29) is 11.8 Å². The summed E-state index contributed by atoms with van der Waals surface area (Å²) in [7, 11) is 0. The van der Waals surface area contributed by atoms with E-state index in [1.165, 1.54) is 30.4 Å². The standard InChI is InChI=1S/C20H29N3O2/c1-2-21-19(24)15-22-9-11-23(12-10-22)20(25)14-16-7-8-17-5-3-4-6-18(17)13-16/h7-8,13H,2-6,9-12,14-15H2,1H3,(H,21,24). The van der Waals surface area contributed by atoms with Gasteiger partial charge in [-0.3, -0.25) is 14.5 Å². The Morgan fingerprint density at radius 2 is 1.76 bits per heavy atom. The molecule has 2 aliphatic rings. The average molecular weight is 343 g/mol. The highest BCUT2D eigenvalue weighted by molar-refractivity contribution is 5.79. The van der Waals surface area contributed by atoms with Crippen molar-refractivity contribution < 1.29 is 9.59 Å². The first kappa shape index (κ1) is 17.9. The molecular formula is C20H29N3O2. The Labute approximate surface area is 150 Å². The summed E-state index contributed by atoms with van der Waals surface area (Å²) < 4.78 is 0. The third kappa shape index (κ3) is 4.82. The van der Waals surface area contributed by atoms with Gasteiger partial charge in [0.25, 0.3) is 0 Å². The van der Waals surface area contributed by atoms with Crippen molar-refractivity contribution in [3.05, 3.63) is 34.9 Å². The number of benzene rings is 1. The molecule has 0 atom stereocenters. The summed E-state index contributed by atoms with van der Waals surface area (Å²) in [6, 6.07) is 6.56. The molecule has 1 aliphatic heterocycles. The highest BCUT2D eigenvalue weighted by Crippen LogP contribution is 2.22.